The lowest BCUT2D eigenvalue weighted by atomic mass is 10.1. The lowest BCUT2D eigenvalue weighted by Crippen LogP contribution is -2.50. The SMILES string of the molecule is COc1c(NC(=O)N2CCN(c3cccc(C)c3C)CC2)cccc1N1CCN(C)CC1. The number of hydrogen-bond donors (Lipinski definition) is 1. The molecule has 0 atom stereocenters. The van der Waals surface area contributed by atoms with Gasteiger partial charge in [0.15, 0.2) is 5.75 Å². The molecule has 2 aliphatic heterocycles. The van der Waals surface area contributed by atoms with E-state index in [1.54, 1.807) is 7.11 Å². The van der Waals surface area contributed by atoms with Crippen molar-refractivity contribution in [2.75, 3.05) is 81.6 Å². The van der Waals surface area contributed by atoms with Gasteiger partial charge in [0.25, 0.3) is 0 Å². The van der Waals surface area contributed by atoms with Crippen LogP contribution in [0.3, 0.4) is 0 Å². The fraction of sp³-hybridized carbons (Fsp3) is 0.480. The Labute approximate surface area is 191 Å². The second-order valence-corrected chi connectivity index (χ2v) is 8.77. The number of hydrogen-bond acceptors (Lipinski definition) is 5. The maximum absolute atomic E-state index is 13.1. The van der Waals surface area contributed by atoms with E-state index in [-0.39, 0.29) is 6.03 Å². The molecule has 2 aromatic carbocycles. The number of para-hydroxylation sites is 1. The molecule has 7 nitrogen and oxygen atoms in total. The Hall–Kier alpha value is -2.93. The highest BCUT2D eigenvalue weighted by molar-refractivity contribution is 5.93. The van der Waals surface area contributed by atoms with Gasteiger partial charge in [0.05, 0.1) is 18.5 Å². The molecule has 172 valence electrons. The van der Waals surface area contributed by atoms with Gasteiger partial charge < -0.3 is 29.7 Å². The number of urea groups is 1. The molecule has 0 unspecified atom stereocenters. The number of carbonyl (C=O) groups excluding carboxylic acids is 1. The molecule has 4 rings (SSSR count). The van der Waals surface area contributed by atoms with Crippen molar-refractivity contribution in [1.29, 1.82) is 0 Å². The normalized spacial score (nSPS) is 17.4. The Bertz CT molecular complexity index is 947. The van der Waals surface area contributed by atoms with E-state index in [1.807, 2.05) is 17.0 Å². The van der Waals surface area contributed by atoms with Gasteiger partial charge in [-0.3, -0.25) is 0 Å². The van der Waals surface area contributed by atoms with Gasteiger partial charge in [-0.1, -0.05) is 18.2 Å². The number of aryl methyl sites for hydroxylation is 1. The summed E-state index contributed by atoms with van der Waals surface area (Å²) < 4.78 is 5.75. The van der Waals surface area contributed by atoms with Crippen LogP contribution in [0.2, 0.25) is 0 Å². The number of nitrogens with zero attached hydrogens (tertiary/aromatic N) is 4. The third kappa shape index (κ3) is 4.63. The minimum absolute atomic E-state index is 0.0700. The molecule has 1 N–H and O–H groups in total. The van der Waals surface area contributed by atoms with Crippen molar-refractivity contribution in [1.82, 2.24) is 9.80 Å². The third-order valence-electron chi connectivity index (χ3n) is 6.77. The summed E-state index contributed by atoms with van der Waals surface area (Å²) in [5, 5.41) is 3.10. The Morgan fingerprint density at radius 2 is 1.44 bits per heavy atom. The first-order chi connectivity index (χ1) is 15.5. The zero-order valence-corrected chi connectivity index (χ0v) is 19.7. The molecule has 0 aromatic heterocycles. The van der Waals surface area contributed by atoms with E-state index in [1.165, 1.54) is 16.8 Å². The number of rotatable bonds is 4. The smallest absolute Gasteiger partial charge is 0.322 e. The van der Waals surface area contributed by atoms with Crippen molar-refractivity contribution in [2.24, 2.45) is 0 Å². The number of amides is 2. The van der Waals surface area contributed by atoms with Crippen LogP contribution in [-0.2, 0) is 0 Å². The fourth-order valence-corrected chi connectivity index (χ4v) is 4.56. The number of likely N-dealkylation sites (N-methyl/N-ethyl adjacent to an activating group) is 1. The predicted molar refractivity (Wildman–Crippen MR) is 131 cm³/mol. The van der Waals surface area contributed by atoms with Gasteiger partial charge in [0.1, 0.15) is 0 Å². The van der Waals surface area contributed by atoms with Crippen LogP contribution in [0.4, 0.5) is 21.9 Å². The van der Waals surface area contributed by atoms with Crippen molar-refractivity contribution >= 4 is 23.1 Å². The van der Waals surface area contributed by atoms with Crippen molar-refractivity contribution < 1.29 is 9.53 Å². The highest BCUT2D eigenvalue weighted by Gasteiger charge is 2.25. The fourth-order valence-electron chi connectivity index (χ4n) is 4.56. The van der Waals surface area contributed by atoms with Gasteiger partial charge in [0.2, 0.25) is 0 Å². The summed E-state index contributed by atoms with van der Waals surface area (Å²) in [6.07, 6.45) is 0. The lowest BCUT2D eigenvalue weighted by Gasteiger charge is -2.37. The molecule has 0 radical (unpaired) electrons. The monoisotopic (exact) mass is 437 g/mol. The molecule has 0 aliphatic carbocycles. The number of benzene rings is 2. The van der Waals surface area contributed by atoms with Crippen molar-refractivity contribution in [3.63, 3.8) is 0 Å². The number of nitrogens with one attached hydrogen (secondary N) is 1. The van der Waals surface area contributed by atoms with E-state index >= 15 is 0 Å². The Morgan fingerprint density at radius 1 is 0.844 bits per heavy atom. The molecule has 0 saturated carbocycles. The zero-order chi connectivity index (χ0) is 22.7. The first kappa shape index (κ1) is 22.3. The highest BCUT2D eigenvalue weighted by Crippen LogP contribution is 2.36. The molecule has 2 saturated heterocycles. The van der Waals surface area contributed by atoms with E-state index in [0.29, 0.717) is 13.1 Å². The predicted octanol–water partition coefficient (Wildman–Crippen LogP) is 3.42. The van der Waals surface area contributed by atoms with E-state index in [9.17, 15) is 4.79 Å². The van der Waals surface area contributed by atoms with Gasteiger partial charge in [-0.05, 0) is 50.2 Å². The van der Waals surface area contributed by atoms with Crippen molar-refractivity contribution in [3.05, 3.63) is 47.5 Å². The average Bonchev–Trinajstić information content (AvgIpc) is 2.81. The van der Waals surface area contributed by atoms with Crippen LogP contribution < -0.4 is 19.9 Å². The Balaban J connectivity index is 1.41. The van der Waals surface area contributed by atoms with Crippen LogP contribution in [-0.4, -0.2) is 82.3 Å². The number of methoxy groups -OCH3 is 1. The summed E-state index contributed by atoms with van der Waals surface area (Å²) in [6, 6.07) is 12.3. The maximum Gasteiger partial charge on any atom is 0.322 e. The van der Waals surface area contributed by atoms with Crippen LogP contribution in [0.15, 0.2) is 36.4 Å². The second kappa shape index (κ2) is 9.69. The average molecular weight is 438 g/mol. The molecule has 32 heavy (non-hydrogen) atoms. The lowest BCUT2D eigenvalue weighted by molar-refractivity contribution is 0.208. The first-order valence-corrected chi connectivity index (χ1v) is 11.5. The van der Waals surface area contributed by atoms with Crippen LogP contribution in [0.5, 0.6) is 5.75 Å². The van der Waals surface area contributed by atoms with Gasteiger partial charge in [-0.25, -0.2) is 4.79 Å². The topological polar surface area (TPSA) is 51.3 Å². The standard InChI is InChI=1S/C25H35N5O2/c1-19-7-5-9-22(20(19)2)28-15-17-30(18-16-28)25(31)26-21-8-6-10-23(24(21)32-4)29-13-11-27(3)12-14-29/h5-10H,11-18H2,1-4H3,(H,26,31). The van der Waals surface area contributed by atoms with E-state index in [4.69, 9.17) is 4.74 Å². The second-order valence-electron chi connectivity index (χ2n) is 8.77. The number of ether oxygens (including phenoxy) is 1. The summed E-state index contributed by atoms with van der Waals surface area (Å²) in [7, 11) is 3.82. The van der Waals surface area contributed by atoms with Crippen LogP contribution in [0, 0.1) is 13.8 Å². The van der Waals surface area contributed by atoms with E-state index < -0.39 is 0 Å². The number of carbonyl (C=O) groups is 1. The molecule has 2 aliphatic rings. The number of piperazine rings is 2. The Morgan fingerprint density at radius 3 is 2.12 bits per heavy atom. The minimum atomic E-state index is -0.0700. The van der Waals surface area contributed by atoms with E-state index in [2.05, 4.69) is 65.2 Å². The summed E-state index contributed by atoms with van der Waals surface area (Å²) in [4.78, 5) is 22.0. The summed E-state index contributed by atoms with van der Waals surface area (Å²) in [6.45, 7) is 11.3. The molecule has 2 amide bonds. The van der Waals surface area contributed by atoms with Gasteiger partial charge in [-0.15, -0.1) is 0 Å². The van der Waals surface area contributed by atoms with E-state index in [0.717, 1.165) is 56.4 Å². The molecule has 0 bridgehead atoms. The molecule has 2 aromatic rings. The first-order valence-electron chi connectivity index (χ1n) is 11.5. The zero-order valence-electron chi connectivity index (χ0n) is 19.7. The summed E-state index contributed by atoms with van der Waals surface area (Å²) in [5.41, 5.74) is 5.65. The van der Waals surface area contributed by atoms with Crippen LogP contribution in [0.1, 0.15) is 11.1 Å². The number of anilines is 3. The summed E-state index contributed by atoms with van der Waals surface area (Å²) in [5.74, 6) is 0.736. The highest BCUT2D eigenvalue weighted by atomic mass is 16.5. The molecule has 2 heterocycles. The third-order valence-corrected chi connectivity index (χ3v) is 6.77. The van der Waals surface area contributed by atoms with Crippen LogP contribution >= 0.6 is 0 Å². The largest absolute Gasteiger partial charge is 0.492 e. The summed E-state index contributed by atoms with van der Waals surface area (Å²) >= 11 is 0. The Kier molecular flexibility index (Phi) is 6.74. The quantitative estimate of drug-likeness (QED) is 0.794. The molecular formula is C25H35N5O2. The van der Waals surface area contributed by atoms with Crippen LogP contribution in [0.25, 0.3) is 0 Å². The van der Waals surface area contributed by atoms with Gasteiger partial charge >= 0.3 is 6.03 Å². The van der Waals surface area contributed by atoms with Gasteiger partial charge in [-0.2, -0.15) is 0 Å². The molecule has 2 fully saturated rings. The maximum atomic E-state index is 13.1. The minimum Gasteiger partial charge on any atom is -0.492 e. The molecular weight excluding hydrogens is 402 g/mol. The molecule has 7 heteroatoms. The van der Waals surface area contributed by atoms with Crippen molar-refractivity contribution in [3.8, 4) is 5.75 Å². The van der Waals surface area contributed by atoms with Crippen molar-refractivity contribution in [2.45, 2.75) is 13.8 Å². The van der Waals surface area contributed by atoms with Gasteiger partial charge in [0, 0.05) is 58.0 Å². The molecule has 0 spiro atoms.